The van der Waals surface area contributed by atoms with E-state index in [1.54, 1.807) is 0 Å². The molecule has 0 aromatic rings. The monoisotopic (exact) mass is 290 g/mol. The van der Waals surface area contributed by atoms with Gasteiger partial charge in [0.2, 0.25) is 0 Å². The Morgan fingerprint density at radius 1 is 0.688 bits per heavy atom. The molecule has 1 atom stereocenters. The molecule has 0 aliphatic carbocycles. The second-order valence-corrected chi connectivity index (χ2v) is 6.67. The zero-order valence-corrected chi connectivity index (χ0v) is 13.0. The molecule has 0 aliphatic heterocycles. The van der Waals surface area contributed by atoms with Crippen LogP contribution in [0.25, 0.3) is 0 Å². The lowest BCUT2D eigenvalue weighted by Crippen LogP contribution is -1.89. The maximum absolute atomic E-state index is 3.60. The summed E-state index contributed by atoms with van der Waals surface area (Å²) in [5.74, 6) is 0. The van der Waals surface area contributed by atoms with Crippen molar-refractivity contribution in [1.29, 1.82) is 0 Å². The van der Waals surface area contributed by atoms with Gasteiger partial charge in [-0.3, -0.25) is 0 Å². The quantitative estimate of drug-likeness (QED) is 0.285. The summed E-state index contributed by atoms with van der Waals surface area (Å²) in [6.45, 7) is 4.53. The van der Waals surface area contributed by atoms with E-state index in [-0.39, 0.29) is 0 Å². The summed E-state index contributed by atoms with van der Waals surface area (Å²) in [5.41, 5.74) is 0. The summed E-state index contributed by atoms with van der Waals surface area (Å²) in [5, 5.41) is 0. The zero-order chi connectivity index (χ0) is 12.1. The highest BCUT2D eigenvalue weighted by molar-refractivity contribution is 9.09. The smallest absolute Gasteiger partial charge is 0.0117 e. The van der Waals surface area contributed by atoms with E-state index in [1.807, 2.05) is 0 Å². The first kappa shape index (κ1) is 16.5. The van der Waals surface area contributed by atoms with Crippen LogP contribution < -0.4 is 0 Å². The first-order valence-electron chi connectivity index (χ1n) is 7.41. The summed E-state index contributed by atoms with van der Waals surface area (Å²) in [6.07, 6.45) is 17.2. The third-order valence-electron chi connectivity index (χ3n) is 3.21. The first-order chi connectivity index (χ1) is 7.77. The minimum atomic E-state index is 0.714. The molecule has 98 valence electrons. The predicted octanol–water partition coefficient (Wildman–Crippen LogP) is 6.47. The molecule has 0 rings (SSSR count). The van der Waals surface area contributed by atoms with Gasteiger partial charge < -0.3 is 0 Å². The lowest BCUT2D eigenvalue weighted by Gasteiger charge is -2.03. The molecule has 0 N–H and O–H groups in total. The number of unbranched alkanes of at least 4 members (excludes halogenated alkanes) is 10. The van der Waals surface area contributed by atoms with Gasteiger partial charge in [-0.15, -0.1) is 0 Å². The summed E-state index contributed by atoms with van der Waals surface area (Å²) in [4.78, 5) is 0.714. The lowest BCUT2D eigenvalue weighted by molar-refractivity contribution is 0.544. The van der Waals surface area contributed by atoms with E-state index in [1.165, 1.54) is 77.0 Å². The Morgan fingerprint density at radius 2 is 1.06 bits per heavy atom. The molecule has 0 nitrogen and oxygen atoms in total. The van der Waals surface area contributed by atoms with Crippen molar-refractivity contribution < 1.29 is 0 Å². The molecule has 0 fully saturated rings. The van der Waals surface area contributed by atoms with E-state index in [0.29, 0.717) is 4.83 Å². The second-order valence-electron chi connectivity index (χ2n) is 5.10. The molecule has 0 amide bonds. The number of alkyl halides is 1. The molecule has 0 heterocycles. The van der Waals surface area contributed by atoms with Gasteiger partial charge in [-0.1, -0.05) is 100 Å². The van der Waals surface area contributed by atoms with E-state index in [0.717, 1.165) is 0 Å². The van der Waals surface area contributed by atoms with Crippen molar-refractivity contribution in [3.63, 3.8) is 0 Å². The maximum Gasteiger partial charge on any atom is 0.0117 e. The Bertz CT molecular complexity index is 121. The third kappa shape index (κ3) is 14.5. The van der Waals surface area contributed by atoms with Gasteiger partial charge >= 0.3 is 0 Å². The van der Waals surface area contributed by atoms with Crippen molar-refractivity contribution in [3.05, 3.63) is 0 Å². The molecular weight excluding hydrogens is 260 g/mol. The topological polar surface area (TPSA) is 0 Å². The van der Waals surface area contributed by atoms with E-state index in [9.17, 15) is 0 Å². The SMILES string of the molecule is CCCCCCCCCCCCCC(C)Br. The average molecular weight is 291 g/mol. The Morgan fingerprint density at radius 3 is 1.44 bits per heavy atom. The Labute approximate surface area is 112 Å². The fourth-order valence-corrected chi connectivity index (χ4v) is 2.41. The van der Waals surface area contributed by atoms with Crippen molar-refractivity contribution >= 4 is 15.9 Å². The minimum absolute atomic E-state index is 0.714. The van der Waals surface area contributed by atoms with Crippen molar-refractivity contribution in [3.8, 4) is 0 Å². The highest BCUT2D eigenvalue weighted by Gasteiger charge is 1.96. The van der Waals surface area contributed by atoms with Gasteiger partial charge in [0.15, 0.2) is 0 Å². The molecule has 0 saturated heterocycles. The van der Waals surface area contributed by atoms with Crippen LogP contribution in [-0.2, 0) is 0 Å². The normalized spacial score (nSPS) is 12.9. The Balaban J connectivity index is 2.88. The zero-order valence-electron chi connectivity index (χ0n) is 11.4. The maximum atomic E-state index is 3.60. The molecule has 0 radical (unpaired) electrons. The Kier molecular flexibility index (Phi) is 14.0. The first-order valence-corrected chi connectivity index (χ1v) is 8.33. The highest BCUT2D eigenvalue weighted by atomic mass is 79.9. The number of halogens is 1. The van der Waals surface area contributed by atoms with Crippen molar-refractivity contribution in [1.82, 2.24) is 0 Å². The van der Waals surface area contributed by atoms with Crippen LogP contribution in [0, 0.1) is 0 Å². The van der Waals surface area contributed by atoms with E-state index in [2.05, 4.69) is 29.8 Å². The molecule has 0 aromatic carbocycles. The van der Waals surface area contributed by atoms with Crippen LogP contribution in [0.3, 0.4) is 0 Å². The van der Waals surface area contributed by atoms with Crippen molar-refractivity contribution in [2.75, 3.05) is 0 Å². The summed E-state index contributed by atoms with van der Waals surface area (Å²) in [6, 6.07) is 0. The van der Waals surface area contributed by atoms with Gasteiger partial charge in [0.25, 0.3) is 0 Å². The predicted molar refractivity (Wildman–Crippen MR) is 79.5 cm³/mol. The summed E-state index contributed by atoms with van der Waals surface area (Å²) >= 11 is 3.60. The average Bonchev–Trinajstić information content (AvgIpc) is 2.25. The fraction of sp³-hybridized carbons (Fsp3) is 1.00. The third-order valence-corrected chi connectivity index (χ3v) is 3.66. The molecule has 1 heteroatoms. The van der Waals surface area contributed by atoms with Gasteiger partial charge in [-0.05, 0) is 6.42 Å². The van der Waals surface area contributed by atoms with Crippen LogP contribution in [0.15, 0.2) is 0 Å². The van der Waals surface area contributed by atoms with E-state index >= 15 is 0 Å². The number of hydrogen-bond donors (Lipinski definition) is 0. The summed E-state index contributed by atoms with van der Waals surface area (Å²) < 4.78 is 0. The van der Waals surface area contributed by atoms with Crippen LogP contribution in [0.1, 0.15) is 90.9 Å². The number of hydrogen-bond acceptors (Lipinski definition) is 0. The van der Waals surface area contributed by atoms with Crippen LogP contribution >= 0.6 is 15.9 Å². The van der Waals surface area contributed by atoms with Crippen LogP contribution in [0.2, 0.25) is 0 Å². The van der Waals surface area contributed by atoms with Crippen molar-refractivity contribution in [2.45, 2.75) is 95.7 Å². The summed E-state index contributed by atoms with van der Waals surface area (Å²) in [7, 11) is 0. The van der Waals surface area contributed by atoms with Crippen LogP contribution in [0.5, 0.6) is 0 Å². The fourth-order valence-electron chi connectivity index (χ4n) is 2.09. The highest BCUT2D eigenvalue weighted by Crippen LogP contribution is 2.14. The largest absolute Gasteiger partial charge is 0.0894 e. The van der Waals surface area contributed by atoms with E-state index < -0.39 is 0 Å². The van der Waals surface area contributed by atoms with E-state index in [4.69, 9.17) is 0 Å². The second kappa shape index (κ2) is 13.5. The van der Waals surface area contributed by atoms with Crippen molar-refractivity contribution in [2.24, 2.45) is 0 Å². The standard InChI is InChI=1S/C15H31Br/c1-3-4-5-6-7-8-9-10-11-12-13-14-15(2)16/h15H,3-14H2,1-2H3. The number of rotatable bonds is 12. The molecule has 0 aliphatic rings. The molecule has 16 heavy (non-hydrogen) atoms. The molecule has 0 bridgehead atoms. The molecule has 0 aromatic heterocycles. The minimum Gasteiger partial charge on any atom is -0.0894 e. The molecule has 0 spiro atoms. The molecular formula is C15H31Br. The van der Waals surface area contributed by atoms with Gasteiger partial charge in [0.1, 0.15) is 0 Å². The van der Waals surface area contributed by atoms with Gasteiger partial charge in [-0.25, -0.2) is 0 Å². The molecule has 1 unspecified atom stereocenters. The van der Waals surface area contributed by atoms with Gasteiger partial charge in [0.05, 0.1) is 0 Å². The van der Waals surface area contributed by atoms with Gasteiger partial charge in [0, 0.05) is 4.83 Å². The lowest BCUT2D eigenvalue weighted by atomic mass is 10.1. The van der Waals surface area contributed by atoms with Crippen LogP contribution in [0.4, 0.5) is 0 Å². The Hall–Kier alpha value is 0.480. The van der Waals surface area contributed by atoms with Gasteiger partial charge in [-0.2, -0.15) is 0 Å². The molecule has 0 saturated carbocycles. The van der Waals surface area contributed by atoms with Crippen LogP contribution in [-0.4, -0.2) is 4.83 Å².